The van der Waals surface area contributed by atoms with Crippen molar-refractivity contribution in [2.45, 2.75) is 32.7 Å². The second-order valence-corrected chi connectivity index (χ2v) is 5.82. The van der Waals surface area contributed by atoms with Gasteiger partial charge in [-0.25, -0.2) is 4.99 Å². The zero-order chi connectivity index (χ0) is 17.2. The molecule has 0 spiro atoms. The summed E-state index contributed by atoms with van der Waals surface area (Å²) >= 11 is 0. The normalized spacial score (nSPS) is 14.0. The Morgan fingerprint density at radius 1 is 1.38 bits per heavy atom. The van der Waals surface area contributed by atoms with E-state index in [0.717, 1.165) is 55.4 Å². The van der Waals surface area contributed by atoms with Crippen molar-refractivity contribution in [2.24, 2.45) is 4.99 Å². The minimum atomic E-state index is 0.570. The molecular formula is C19H29N3O2. The molecule has 0 saturated heterocycles. The molecule has 0 bridgehead atoms. The maximum Gasteiger partial charge on any atom is 0.193 e. The van der Waals surface area contributed by atoms with Gasteiger partial charge < -0.3 is 19.7 Å². The number of benzene rings is 1. The standard InChI is InChI=1S/C19H29N3O2/c1-4-6-7-12-22(3)19(20-5-2)21-15-16-10-8-11-17-18(16)24-14-9-13-23-17/h4,8,10-11H,1,5-7,9,12-15H2,2-3H3,(H,20,21). The maximum atomic E-state index is 5.87. The van der Waals surface area contributed by atoms with Crippen LogP contribution in [0.1, 0.15) is 31.7 Å². The highest BCUT2D eigenvalue weighted by Gasteiger charge is 2.14. The number of aliphatic imine (C=N–C) groups is 1. The zero-order valence-corrected chi connectivity index (χ0v) is 14.9. The number of guanidine groups is 1. The summed E-state index contributed by atoms with van der Waals surface area (Å²) in [4.78, 5) is 6.93. The lowest BCUT2D eigenvalue weighted by Crippen LogP contribution is -2.39. The van der Waals surface area contributed by atoms with E-state index in [-0.39, 0.29) is 0 Å². The first-order chi connectivity index (χ1) is 11.8. The van der Waals surface area contributed by atoms with Crippen LogP contribution in [0.15, 0.2) is 35.8 Å². The van der Waals surface area contributed by atoms with Gasteiger partial charge >= 0.3 is 0 Å². The number of hydrogen-bond acceptors (Lipinski definition) is 3. The van der Waals surface area contributed by atoms with Gasteiger partial charge in [0.25, 0.3) is 0 Å². The lowest BCUT2D eigenvalue weighted by Gasteiger charge is -2.22. The summed E-state index contributed by atoms with van der Waals surface area (Å²) in [5.41, 5.74) is 1.06. The van der Waals surface area contributed by atoms with E-state index in [1.54, 1.807) is 0 Å². The van der Waals surface area contributed by atoms with Crippen LogP contribution in [-0.4, -0.2) is 44.2 Å². The van der Waals surface area contributed by atoms with Crippen LogP contribution in [0.3, 0.4) is 0 Å². The number of unbranched alkanes of at least 4 members (excludes halogenated alkanes) is 1. The summed E-state index contributed by atoms with van der Waals surface area (Å²) in [7, 11) is 2.07. The Hall–Kier alpha value is -2.17. The number of para-hydroxylation sites is 1. The first-order valence-electron chi connectivity index (χ1n) is 8.74. The number of fused-ring (bicyclic) bond motifs is 1. The molecule has 1 heterocycles. The lowest BCUT2D eigenvalue weighted by molar-refractivity contribution is 0.296. The second-order valence-electron chi connectivity index (χ2n) is 5.82. The summed E-state index contributed by atoms with van der Waals surface area (Å²) in [5.74, 6) is 2.57. The van der Waals surface area contributed by atoms with Gasteiger partial charge in [0, 0.05) is 32.1 Å². The van der Waals surface area contributed by atoms with Crippen LogP contribution in [0.5, 0.6) is 11.5 Å². The summed E-state index contributed by atoms with van der Waals surface area (Å²) in [6.07, 6.45) is 4.95. The van der Waals surface area contributed by atoms with Crippen molar-refractivity contribution < 1.29 is 9.47 Å². The van der Waals surface area contributed by atoms with E-state index in [9.17, 15) is 0 Å². The molecule has 0 atom stereocenters. The predicted octanol–water partition coefficient (Wildman–Crippen LogP) is 3.21. The van der Waals surface area contributed by atoms with Crippen molar-refractivity contribution in [3.05, 3.63) is 36.4 Å². The second kappa shape index (κ2) is 9.85. The molecule has 2 rings (SSSR count). The smallest absolute Gasteiger partial charge is 0.193 e. The Labute approximate surface area is 145 Å². The van der Waals surface area contributed by atoms with E-state index in [1.807, 2.05) is 18.2 Å². The van der Waals surface area contributed by atoms with Gasteiger partial charge in [0.1, 0.15) is 0 Å². The Morgan fingerprint density at radius 2 is 2.21 bits per heavy atom. The van der Waals surface area contributed by atoms with Crippen LogP contribution >= 0.6 is 0 Å². The van der Waals surface area contributed by atoms with Crippen molar-refractivity contribution in [3.8, 4) is 11.5 Å². The van der Waals surface area contributed by atoms with E-state index >= 15 is 0 Å². The third-order valence-corrected chi connectivity index (χ3v) is 3.85. The highest BCUT2D eigenvalue weighted by atomic mass is 16.5. The molecule has 1 aliphatic rings. The third kappa shape index (κ3) is 5.18. The minimum absolute atomic E-state index is 0.570. The van der Waals surface area contributed by atoms with Crippen LogP contribution in [-0.2, 0) is 6.54 Å². The van der Waals surface area contributed by atoms with Gasteiger partial charge in [-0.15, -0.1) is 6.58 Å². The van der Waals surface area contributed by atoms with Gasteiger partial charge in [-0.3, -0.25) is 0 Å². The fraction of sp³-hybridized carbons (Fsp3) is 0.526. The molecule has 1 aliphatic heterocycles. The molecule has 0 fully saturated rings. The van der Waals surface area contributed by atoms with Gasteiger partial charge in [-0.2, -0.15) is 0 Å². The molecule has 24 heavy (non-hydrogen) atoms. The average Bonchev–Trinajstić information content (AvgIpc) is 2.84. The third-order valence-electron chi connectivity index (χ3n) is 3.85. The number of ether oxygens (including phenoxy) is 2. The fourth-order valence-electron chi connectivity index (χ4n) is 2.59. The molecule has 5 heteroatoms. The van der Waals surface area contributed by atoms with Crippen molar-refractivity contribution in [3.63, 3.8) is 0 Å². The predicted molar refractivity (Wildman–Crippen MR) is 98.9 cm³/mol. The van der Waals surface area contributed by atoms with Gasteiger partial charge in [0.2, 0.25) is 0 Å². The molecule has 0 aliphatic carbocycles. The van der Waals surface area contributed by atoms with Crippen LogP contribution < -0.4 is 14.8 Å². The summed E-state index contributed by atoms with van der Waals surface area (Å²) in [6, 6.07) is 6.01. The Balaban J connectivity index is 2.09. The van der Waals surface area contributed by atoms with Gasteiger partial charge in [0.15, 0.2) is 17.5 Å². The molecule has 1 aromatic carbocycles. The highest BCUT2D eigenvalue weighted by molar-refractivity contribution is 5.79. The Morgan fingerprint density at radius 3 is 3.00 bits per heavy atom. The van der Waals surface area contributed by atoms with Gasteiger partial charge in [-0.1, -0.05) is 18.2 Å². The molecule has 0 saturated carbocycles. The van der Waals surface area contributed by atoms with Gasteiger partial charge in [-0.05, 0) is 25.8 Å². The summed E-state index contributed by atoms with van der Waals surface area (Å²) in [5, 5.41) is 3.35. The van der Waals surface area contributed by atoms with Crippen LogP contribution in [0.2, 0.25) is 0 Å². The van der Waals surface area contributed by atoms with E-state index in [1.165, 1.54) is 0 Å². The molecule has 5 nitrogen and oxygen atoms in total. The molecule has 132 valence electrons. The quantitative estimate of drug-likeness (QED) is 0.361. The van der Waals surface area contributed by atoms with Crippen molar-refractivity contribution in [1.29, 1.82) is 0 Å². The van der Waals surface area contributed by atoms with E-state index in [0.29, 0.717) is 19.8 Å². The zero-order valence-electron chi connectivity index (χ0n) is 14.9. The number of hydrogen-bond donors (Lipinski definition) is 1. The van der Waals surface area contributed by atoms with E-state index < -0.39 is 0 Å². The fourth-order valence-corrected chi connectivity index (χ4v) is 2.59. The van der Waals surface area contributed by atoms with Crippen molar-refractivity contribution in [2.75, 3.05) is 33.4 Å². The van der Waals surface area contributed by atoms with Crippen molar-refractivity contribution >= 4 is 5.96 Å². The SMILES string of the molecule is C=CCCCN(C)C(=NCc1cccc2c1OCCCO2)NCC. The minimum Gasteiger partial charge on any atom is -0.490 e. The monoisotopic (exact) mass is 331 g/mol. The average molecular weight is 331 g/mol. The molecular weight excluding hydrogens is 302 g/mol. The summed E-state index contributed by atoms with van der Waals surface area (Å²) in [6.45, 7) is 9.61. The van der Waals surface area contributed by atoms with Gasteiger partial charge in [0.05, 0.1) is 19.8 Å². The molecule has 0 unspecified atom stereocenters. The first kappa shape index (κ1) is 18.2. The van der Waals surface area contributed by atoms with Crippen LogP contribution in [0.25, 0.3) is 0 Å². The highest BCUT2D eigenvalue weighted by Crippen LogP contribution is 2.33. The lowest BCUT2D eigenvalue weighted by atomic mass is 10.2. The first-order valence-corrected chi connectivity index (χ1v) is 8.74. The summed E-state index contributed by atoms with van der Waals surface area (Å²) < 4.78 is 11.6. The number of nitrogens with one attached hydrogen (secondary N) is 1. The number of allylic oxidation sites excluding steroid dienone is 1. The van der Waals surface area contributed by atoms with E-state index in [4.69, 9.17) is 14.5 Å². The van der Waals surface area contributed by atoms with E-state index in [2.05, 4.69) is 36.8 Å². The molecule has 0 radical (unpaired) electrons. The van der Waals surface area contributed by atoms with Crippen LogP contribution in [0, 0.1) is 0 Å². The molecule has 1 N–H and O–H groups in total. The topological polar surface area (TPSA) is 46.1 Å². The van der Waals surface area contributed by atoms with Crippen molar-refractivity contribution in [1.82, 2.24) is 10.2 Å². The molecule has 1 aromatic rings. The molecule has 0 aromatic heterocycles. The molecule has 0 amide bonds. The Bertz CT molecular complexity index is 558. The van der Waals surface area contributed by atoms with Crippen LogP contribution in [0.4, 0.5) is 0 Å². The largest absolute Gasteiger partial charge is 0.490 e. The number of nitrogens with zero attached hydrogens (tertiary/aromatic N) is 2. The number of rotatable bonds is 7. The maximum absolute atomic E-state index is 5.87. The Kier molecular flexibility index (Phi) is 7.46.